The Morgan fingerprint density at radius 1 is 1.06 bits per heavy atom. The first-order valence-electron chi connectivity index (χ1n) is 22.1. The monoisotopic (exact) mass is 948 g/mol. The molecule has 2 saturated heterocycles. The van der Waals surface area contributed by atoms with Gasteiger partial charge in [0.25, 0.3) is 11.8 Å². The fraction of sp³-hybridized carbons (Fsp3) is 0.500. The number of anilines is 3. The standard InChI is InChI=1S/C46H58ClFN10O7S/c1-27-37(66-26-52-27)28-8-9-30(23-50-40(60)34-22-31(59)25-58(34)42(62)38(45(2,3)4)54-43(63)46(48)12-13-46)35(20-28)65-19-7-14-56-15-17-57(18-16-56)41(61)29-10-11-33(36(21-29)64-6)53-44-51-24-32(47)39(49-5)55-44/h8-11,20-21,24,26,31,34,38,59H,7,12-19,22-23,25H2,1-6H3,(H,50,60)(H,54,63)(H2,49,51,53,55)/t31-,34-,38?/m1/s1. The fourth-order valence-electron chi connectivity index (χ4n) is 8.05. The summed E-state index contributed by atoms with van der Waals surface area (Å²) < 4.78 is 26.7. The number of β-amino-alcohol motifs (C(OH)–C–C–N with tert-alkyl or cyclic N) is 1. The van der Waals surface area contributed by atoms with Crippen molar-refractivity contribution < 1.29 is 38.1 Å². The summed E-state index contributed by atoms with van der Waals surface area (Å²) in [5.41, 5.74) is 2.65. The molecule has 4 amide bonds. The van der Waals surface area contributed by atoms with Gasteiger partial charge in [0, 0.05) is 70.4 Å². The maximum absolute atomic E-state index is 14.6. The molecule has 0 radical (unpaired) electrons. The number of hydrogen-bond acceptors (Lipinski definition) is 14. The topological polar surface area (TPSA) is 203 Å². The third kappa shape index (κ3) is 11.3. The van der Waals surface area contributed by atoms with Crippen LogP contribution in [-0.2, 0) is 20.9 Å². The summed E-state index contributed by atoms with van der Waals surface area (Å²) >= 11 is 7.65. The molecule has 5 N–H and O–H groups in total. The van der Waals surface area contributed by atoms with Crippen molar-refractivity contribution in [1.29, 1.82) is 0 Å². The van der Waals surface area contributed by atoms with Crippen LogP contribution in [0, 0.1) is 12.3 Å². The Kier molecular flexibility index (Phi) is 15.0. The van der Waals surface area contributed by atoms with E-state index in [9.17, 15) is 28.7 Å². The van der Waals surface area contributed by atoms with Crippen LogP contribution >= 0.6 is 22.9 Å². The van der Waals surface area contributed by atoms with Gasteiger partial charge in [0.2, 0.25) is 17.8 Å². The van der Waals surface area contributed by atoms with Gasteiger partial charge in [-0.3, -0.25) is 24.1 Å². The van der Waals surface area contributed by atoms with Crippen LogP contribution in [0.4, 0.5) is 21.8 Å². The Labute approximate surface area is 392 Å². The quantitative estimate of drug-likeness (QED) is 0.0867. The molecular weight excluding hydrogens is 891 g/mol. The summed E-state index contributed by atoms with van der Waals surface area (Å²) in [6, 6.07) is 8.91. The van der Waals surface area contributed by atoms with Crippen LogP contribution < -0.4 is 30.7 Å². The molecule has 7 rings (SSSR count). The molecule has 3 aliphatic rings. The van der Waals surface area contributed by atoms with Crippen LogP contribution in [0.5, 0.6) is 11.5 Å². The Hall–Kier alpha value is -5.63. The fourth-order valence-corrected chi connectivity index (χ4v) is 9.04. The van der Waals surface area contributed by atoms with Gasteiger partial charge in [-0.05, 0) is 61.4 Å². The summed E-state index contributed by atoms with van der Waals surface area (Å²) in [5.74, 6) is -0.0858. The van der Waals surface area contributed by atoms with Crippen LogP contribution in [0.2, 0.25) is 5.02 Å². The Balaban J connectivity index is 0.934. The second-order valence-electron chi connectivity index (χ2n) is 18.0. The summed E-state index contributed by atoms with van der Waals surface area (Å²) in [6.45, 7) is 10.8. The van der Waals surface area contributed by atoms with E-state index in [0.29, 0.717) is 78.7 Å². The molecule has 66 heavy (non-hydrogen) atoms. The summed E-state index contributed by atoms with van der Waals surface area (Å²) in [5, 5.41) is 22.6. The smallest absolute Gasteiger partial charge is 0.258 e. The van der Waals surface area contributed by atoms with Crippen LogP contribution in [0.15, 0.2) is 48.1 Å². The lowest BCUT2D eigenvalue weighted by atomic mass is 9.85. The van der Waals surface area contributed by atoms with Crippen molar-refractivity contribution >= 4 is 64.0 Å². The SMILES string of the molecule is CNc1nc(Nc2ccc(C(=O)N3CCN(CCCOc4cc(-c5scnc5C)ccc4CNC(=O)[C@H]4C[C@@H](O)CN4C(=O)C(NC(=O)C4(F)CC4)C(C)(C)C)CC3)cc2OC)ncc1Cl. The summed E-state index contributed by atoms with van der Waals surface area (Å²) in [4.78, 5) is 73.5. The lowest BCUT2D eigenvalue weighted by Crippen LogP contribution is -2.59. The molecule has 20 heteroatoms. The third-order valence-corrected chi connectivity index (χ3v) is 13.3. The number of nitrogens with one attached hydrogen (secondary N) is 4. The zero-order chi connectivity index (χ0) is 47.3. The van der Waals surface area contributed by atoms with Gasteiger partial charge in [-0.1, -0.05) is 44.5 Å². The van der Waals surface area contributed by atoms with Crippen molar-refractivity contribution in [2.24, 2.45) is 5.41 Å². The normalized spacial score (nSPS) is 18.6. The van der Waals surface area contributed by atoms with E-state index in [2.05, 4.69) is 41.1 Å². The molecule has 1 saturated carbocycles. The number of aromatic nitrogens is 3. The van der Waals surface area contributed by atoms with Crippen molar-refractivity contribution in [2.75, 3.05) is 70.7 Å². The van der Waals surface area contributed by atoms with Crippen molar-refractivity contribution in [3.63, 3.8) is 0 Å². The van der Waals surface area contributed by atoms with Gasteiger partial charge >= 0.3 is 0 Å². The van der Waals surface area contributed by atoms with Crippen LogP contribution in [0.1, 0.15) is 68.1 Å². The Bertz CT molecular complexity index is 2420. The molecule has 2 aliphatic heterocycles. The molecule has 2 aromatic carbocycles. The van der Waals surface area contributed by atoms with Crippen LogP contribution in [-0.4, -0.2) is 142 Å². The zero-order valence-electron chi connectivity index (χ0n) is 38.1. The van der Waals surface area contributed by atoms with E-state index in [1.54, 1.807) is 51.5 Å². The van der Waals surface area contributed by atoms with Gasteiger partial charge in [-0.2, -0.15) is 4.98 Å². The number of piperazine rings is 1. The summed E-state index contributed by atoms with van der Waals surface area (Å²) in [7, 11) is 3.25. The number of hydrogen-bond donors (Lipinski definition) is 5. The number of likely N-dealkylation sites (tertiary alicyclic amines) is 1. The average molecular weight is 950 g/mol. The highest BCUT2D eigenvalue weighted by atomic mass is 35.5. The largest absolute Gasteiger partial charge is 0.495 e. The summed E-state index contributed by atoms with van der Waals surface area (Å²) in [6.07, 6.45) is 1.47. The number of carbonyl (C=O) groups is 4. The van der Waals surface area contributed by atoms with Gasteiger partial charge in [0.1, 0.15) is 34.4 Å². The predicted molar refractivity (Wildman–Crippen MR) is 250 cm³/mol. The molecule has 354 valence electrons. The number of rotatable bonds is 17. The number of halogens is 2. The number of methoxy groups -OCH3 is 1. The van der Waals surface area contributed by atoms with E-state index in [-0.39, 0.29) is 38.3 Å². The first-order chi connectivity index (χ1) is 31.5. The number of ether oxygens (including phenoxy) is 2. The van der Waals surface area contributed by atoms with E-state index in [1.165, 1.54) is 29.5 Å². The molecule has 2 aromatic heterocycles. The lowest BCUT2D eigenvalue weighted by Gasteiger charge is -2.35. The molecular formula is C46H58ClFN10O7S. The average Bonchev–Trinajstić information content (AvgIpc) is 3.71. The maximum Gasteiger partial charge on any atom is 0.258 e. The van der Waals surface area contributed by atoms with Gasteiger partial charge in [-0.15, -0.1) is 11.3 Å². The van der Waals surface area contributed by atoms with Crippen LogP contribution in [0.25, 0.3) is 10.4 Å². The van der Waals surface area contributed by atoms with Gasteiger partial charge in [-0.25, -0.2) is 14.4 Å². The number of alkyl halides is 1. The number of thiazole rings is 1. The third-order valence-electron chi connectivity index (χ3n) is 12.1. The van der Waals surface area contributed by atoms with Crippen LogP contribution in [0.3, 0.4) is 0 Å². The molecule has 3 fully saturated rings. The highest BCUT2D eigenvalue weighted by Crippen LogP contribution is 2.41. The molecule has 3 atom stereocenters. The minimum atomic E-state index is -1.98. The molecule has 17 nitrogen and oxygen atoms in total. The Morgan fingerprint density at radius 2 is 1.82 bits per heavy atom. The molecule has 1 aliphatic carbocycles. The first-order valence-corrected chi connectivity index (χ1v) is 23.3. The minimum absolute atomic E-state index is 0.0185. The predicted octanol–water partition coefficient (Wildman–Crippen LogP) is 5.19. The molecule has 0 bridgehead atoms. The van der Waals surface area contributed by atoms with Gasteiger partial charge < -0.3 is 45.6 Å². The number of aliphatic hydroxyl groups excluding tert-OH is 1. The number of aliphatic hydroxyl groups is 1. The number of benzene rings is 2. The zero-order valence-corrected chi connectivity index (χ0v) is 39.7. The van der Waals surface area contributed by atoms with E-state index < -0.39 is 47.0 Å². The number of aryl methyl sites for hydroxylation is 1. The lowest BCUT2D eigenvalue weighted by molar-refractivity contribution is -0.145. The van der Waals surface area contributed by atoms with Gasteiger partial charge in [0.15, 0.2) is 5.67 Å². The highest BCUT2D eigenvalue weighted by Gasteiger charge is 2.53. The Morgan fingerprint density at radius 3 is 2.48 bits per heavy atom. The van der Waals surface area contributed by atoms with Crippen molar-refractivity contribution in [3.8, 4) is 21.9 Å². The second-order valence-corrected chi connectivity index (χ2v) is 19.2. The maximum atomic E-state index is 14.6. The minimum Gasteiger partial charge on any atom is -0.495 e. The van der Waals surface area contributed by atoms with E-state index >= 15 is 0 Å². The first kappa shape index (κ1) is 48.3. The molecule has 0 spiro atoms. The number of nitrogens with zero attached hydrogens (tertiary/aromatic N) is 6. The number of amides is 4. The molecule has 4 aromatic rings. The molecule has 4 heterocycles. The van der Waals surface area contributed by atoms with E-state index in [1.807, 2.05) is 30.0 Å². The number of carbonyl (C=O) groups excluding carboxylic acids is 4. The second kappa shape index (κ2) is 20.5. The van der Waals surface area contributed by atoms with Gasteiger partial charge in [0.05, 0.1) is 47.8 Å². The highest BCUT2D eigenvalue weighted by molar-refractivity contribution is 7.13. The van der Waals surface area contributed by atoms with Crippen molar-refractivity contribution in [3.05, 3.63) is 69.9 Å². The molecule has 1 unspecified atom stereocenters. The van der Waals surface area contributed by atoms with Crippen molar-refractivity contribution in [1.82, 2.24) is 40.3 Å². The van der Waals surface area contributed by atoms with Crippen molar-refractivity contribution in [2.45, 2.75) is 83.8 Å². The van der Waals surface area contributed by atoms with E-state index in [0.717, 1.165) is 28.2 Å². The van der Waals surface area contributed by atoms with E-state index in [4.69, 9.17) is 21.1 Å².